The summed E-state index contributed by atoms with van der Waals surface area (Å²) in [6, 6.07) is 12.3. The number of fused-ring (bicyclic) bond motifs is 1. The van der Waals surface area contributed by atoms with Crippen LogP contribution in [0.1, 0.15) is 29.0 Å². The molecule has 2 aromatic rings. The number of rotatable bonds is 5. The van der Waals surface area contributed by atoms with Gasteiger partial charge in [-0.15, -0.1) is 0 Å². The zero-order valence-electron chi connectivity index (χ0n) is 15.3. The maximum atomic E-state index is 13.0. The fourth-order valence-electron chi connectivity index (χ4n) is 2.89. The monoisotopic (exact) mass is 371 g/mol. The molecule has 27 heavy (non-hydrogen) atoms. The minimum absolute atomic E-state index is 0.189. The van der Waals surface area contributed by atoms with Crippen LogP contribution in [0.15, 0.2) is 42.5 Å². The molecule has 0 radical (unpaired) electrons. The maximum absolute atomic E-state index is 13.0. The average molecular weight is 371 g/mol. The third-order valence-electron chi connectivity index (χ3n) is 4.15. The zero-order chi connectivity index (χ0) is 19.4. The van der Waals surface area contributed by atoms with E-state index in [0.29, 0.717) is 28.3 Å². The maximum Gasteiger partial charge on any atom is 0.426 e. The van der Waals surface area contributed by atoms with Crippen LogP contribution in [0.25, 0.3) is 0 Å². The number of amides is 2. The standard InChI is InChI=1S/C19H21N3O5/c1-4-27-19(24)21-22-17(14-10-9-12(25-2)11-16(14)26-3)20-15-8-6-5-7-13(15)18(22)23/h5-11,17,20H,4H2,1-3H3,(H,21,24)/t17-/m1/s1. The summed E-state index contributed by atoms with van der Waals surface area (Å²) >= 11 is 0. The van der Waals surface area contributed by atoms with Crippen LogP contribution in [0.4, 0.5) is 10.5 Å². The van der Waals surface area contributed by atoms with Crippen molar-refractivity contribution in [3.63, 3.8) is 0 Å². The minimum Gasteiger partial charge on any atom is -0.497 e. The predicted molar refractivity (Wildman–Crippen MR) is 98.7 cm³/mol. The second kappa shape index (κ2) is 7.86. The lowest BCUT2D eigenvalue weighted by Gasteiger charge is -2.37. The highest BCUT2D eigenvalue weighted by Crippen LogP contribution is 2.37. The van der Waals surface area contributed by atoms with Gasteiger partial charge in [-0.1, -0.05) is 12.1 Å². The van der Waals surface area contributed by atoms with Gasteiger partial charge in [0.15, 0.2) is 6.17 Å². The van der Waals surface area contributed by atoms with Crippen LogP contribution in [-0.4, -0.2) is 37.8 Å². The number of nitrogens with one attached hydrogen (secondary N) is 2. The number of anilines is 1. The Kier molecular flexibility index (Phi) is 5.35. The van der Waals surface area contributed by atoms with E-state index in [1.54, 1.807) is 50.4 Å². The van der Waals surface area contributed by atoms with Crippen molar-refractivity contribution in [2.75, 3.05) is 26.1 Å². The molecule has 1 aliphatic heterocycles. The van der Waals surface area contributed by atoms with E-state index in [4.69, 9.17) is 14.2 Å². The summed E-state index contributed by atoms with van der Waals surface area (Å²) in [5, 5.41) is 4.47. The van der Waals surface area contributed by atoms with Crippen LogP contribution in [0, 0.1) is 0 Å². The summed E-state index contributed by atoms with van der Waals surface area (Å²) < 4.78 is 15.6. The molecule has 8 heteroatoms. The Labute approximate surface area is 157 Å². The third-order valence-corrected chi connectivity index (χ3v) is 4.15. The van der Waals surface area contributed by atoms with E-state index in [9.17, 15) is 9.59 Å². The van der Waals surface area contributed by atoms with E-state index in [0.717, 1.165) is 0 Å². The summed E-state index contributed by atoms with van der Waals surface area (Å²) in [6.45, 7) is 1.88. The van der Waals surface area contributed by atoms with Gasteiger partial charge >= 0.3 is 6.09 Å². The van der Waals surface area contributed by atoms with E-state index >= 15 is 0 Å². The number of carbonyl (C=O) groups is 2. The number of hydrogen-bond donors (Lipinski definition) is 2. The lowest BCUT2D eigenvalue weighted by Crippen LogP contribution is -2.53. The summed E-state index contributed by atoms with van der Waals surface area (Å²) in [5.74, 6) is 0.762. The summed E-state index contributed by atoms with van der Waals surface area (Å²) in [6.07, 6.45) is -1.41. The van der Waals surface area contributed by atoms with Crippen LogP contribution in [-0.2, 0) is 4.74 Å². The number of methoxy groups -OCH3 is 2. The molecule has 1 aliphatic rings. The Balaban J connectivity index is 2.05. The molecule has 0 fully saturated rings. The van der Waals surface area contributed by atoms with Gasteiger partial charge in [-0.3, -0.25) is 4.79 Å². The average Bonchev–Trinajstić information content (AvgIpc) is 2.69. The molecule has 0 spiro atoms. The van der Waals surface area contributed by atoms with E-state index in [-0.39, 0.29) is 12.5 Å². The van der Waals surface area contributed by atoms with Crippen molar-refractivity contribution in [1.29, 1.82) is 0 Å². The molecular formula is C19H21N3O5. The van der Waals surface area contributed by atoms with Crippen molar-refractivity contribution in [1.82, 2.24) is 10.4 Å². The lowest BCUT2D eigenvalue weighted by atomic mass is 10.0. The highest BCUT2D eigenvalue weighted by molar-refractivity contribution is 6.02. The molecule has 0 saturated carbocycles. The van der Waals surface area contributed by atoms with E-state index < -0.39 is 12.3 Å². The normalized spacial score (nSPS) is 15.4. The molecule has 2 amide bonds. The molecule has 0 unspecified atom stereocenters. The van der Waals surface area contributed by atoms with Crippen LogP contribution in [0.2, 0.25) is 0 Å². The van der Waals surface area contributed by atoms with E-state index in [1.807, 2.05) is 6.07 Å². The summed E-state index contributed by atoms with van der Waals surface area (Å²) in [7, 11) is 3.08. The number of ether oxygens (including phenoxy) is 3. The number of benzene rings is 2. The SMILES string of the molecule is CCOC(=O)NN1C(=O)c2ccccc2N[C@H]1c1ccc(OC)cc1OC. The van der Waals surface area contributed by atoms with Crippen molar-refractivity contribution in [2.45, 2.75) is 13.1 Å². The van der Waals surface area contributed by atoms with Gasteiger partial charge in [0.1, 0.15) is 11.5 Å². The van der Waals surface area contributed by atoms with Gasteiger partial charge in [0.05, 0.1) is 26.4 Å². The van der Waals surface area contributed by atoms with Crippen molar-refractivity contribution in [2.24, 2.45) is 0 Å². The Morgan fingerprint density at radius 1 is 1.19 bits per heavy atom. The molecule has 3 rings (SSSR count). The Bertz CT molecular complexity index is 855. The van der Waals surface area contributed by atoms with Crippen molar-refractivity contribution in [3.05, 3.63) is 53.6 Å². The largest absolute Gasteiger partial charge is 0.497 e. The van der Waals surface area contributed by atoms with E-state index in [1.165, 1.54) is 12.1 Å². The van der Waals surface area contributed by atoms with Gasteiger partial charge in [0.2, 0.25) is 0 Å². The second-order valence-corrected chi connectivity index (χ2v) is 5.71. The zero-order valence-corrected chi connectivity index (χ0v) is 15.3. The fourth-order valence-corrected chi connectivity index (χ4v) is 2.89. The molecule has 2 aromatic carbocycles. The quantitative estimate of drug-likeness (QED) is 0.840. The molecule has 0 saturated heterocycles. The predicted octanol–water partition coefficient (Wildman–Crippen LogP) is 2.93. The molecule has 8 nitrogen and oxygen atoms in total. The molecule has 142 valence electrons. The fraction of sp³-hybridized carbons (Fsp3) is 0.263. The number of hydrazine groups is 1. The molecule has 0 aromatic heterocycles. The molecule has 1 atom stereocenters. The molecule has 2 N–H and O–H groups in total. The summed E-state index contributed by atoms with van der Waals surface area (Å²) in [4.78, 5) is 25.0. The summed E-state index contributed by atoms with van der Waals surface area (Å²) in [5.41, 5.74) is 4.27. The topological polar surface area (TPSA) is 89.1 Å². The van der Waals surface area contributed by atoms with Crippen LogP contribution < -0.4 is 20.2 Å². The van der Waals surface area contributed by atoms with Crippen LogP contribution >= 0.6 is 0 Å². The molecule has 0 bridgehead atoms. The molecule has 0 aliphatic carbocycles. The van der Waals surface area contributed by atoms with Gasteiger partial charge < -0.3 is 19.5 Å². The highest BCUT2D eigenvalue weighted by atomic mass is 16.6. The Morgan fingerprint density at radius 3 is 2.67 bits per heavy atom. The first kappa shape index (κ1) is 18.4. The van der Waals surface area contributed by atoms with E-state index in [2.05, 4.69) is 10.7 Å². The molecular weight excluding hydrogens is 350 g/mol. The highest BCUT2D eigenvalue weighted by Gasteiger charge is 2.36. The van der Waals surface area contributed by atoms with Gasteiger partial charge in [-0.2, -0.15) is 0 Å². The Hall–Kier alpha value is -3.42. The second-order valence-electron chi connectivity index (χ2n) is 5.71. The van der Waals surface area contributed by atoms with Gasteiger partial charge in [-0.25, -0.2) is 15.2 Å². The van der Waals surface area contributed by atoms with Crippen molar-refractivity contribution in [3.8, 4) is 11.5 Å². The minimum atomic E-state index is -0.718. The smallest absolute Gasteiger partial charge is 0.426 e. The van der Waals surface area contributed by atoms with Gasteiger partial charge in [-0.05, 0) is 31.2 Å². The molecule has 1 heterocycles. The van der Waals surface area contributed by atoms with Gasteiger partial charge in [0.25, 0.3) is 5.91 Å². The van der Waals surface area contributed by atoms with Crippen molar-refractivity contribution >= 4 is 17.7 Å². The Morgan fingerprint density at radius 2 is 1.96 bits per heavy atom. The van der Waals surface area contributed by atoms with Gasteiger partial charge in [0, 0.05) is 17.3 Å². The first-order valence-corrected chi connectivity index (χ1v) is 8.43. The van der Waals surface area contributed by atoms with Crippen LogP contribution in [0.5, 0.6) is 11.5 Å². The number of nitrogens with zero attached hydrogens (tertiary/aromatic N) is 1. The first-order valence-electron chi connectivity index (χ1n) is 8.43. The third kappa shape index (κ3) is 3.59. The lowest BCUT2D eigenvalue weighted by molar-refractivity contribution is 0.0504. The van der Waals surface area contributed by atoms with Crippen LogP contribution in [0.3, 0.4) is 0 Å². The number of para-hydroxylation sites is 1. The number of carbonyl (C=O) groups excluding carboxylic acids is 2. The first-order chi connectivity index (χ1) is 13.1. The number of hydrogen-bond acceptors (Lipinski definition) is 6. The van der Waals surface area contributed by atoms with Crippen molar-refractivity contribution < 1.29 is 23.8 Å².